The van der Waals surface area contributed by atoms with E-state index in [-0.39, 0.29) is 17.7 Å². The summed E-state index contributed by atoms with van der Waals surface area (Å²) in [5.41, 5.74) is 3.65. The summed E-state index contributed by atoms with van der Waals surface area (Å²) >= 11 is 1.34. The van der Waals surface area contributed by atoms with Gasteiger partial charge in [-0.2, -0.15) is 0 Å². The Hall–Kier alpha value is -3.06. The molecule has 1 aromatic heterocycles. The van der Waals surface area contributed by atoms with Crippen LogP contribution in [0.25, 0.3) is 0 Å². The predicted molar refractivity (Wildman–Crippen MR) is 118 cm³/mol. The van der Waals surface area contributed by atoms with Crippen molar-refractivity contribution in [1.29, 1.82) is 0 Å². The number of para-hydroxylation sites is 1. The Morgan fingerprint density at radius 3 is 2.40 bits per heavy atom. The number of amides is 2. The normalized spacial score (nSPS) is 14.5. The number of carbonyl (C=O) groups is 2. The fraction of sp³-hybridized carbons (Fsp3) is 0.304. The van der Waals surface area contributed by atoms with Gasteiger partial charge in [0.2, 0.25) is 5.01 Å². The largest absolute Gasteiger partial charge is 0.339 e. The second kappa shape index (κ2) is 8.75. The molecule has 2 amide bonds. The lowest BCUT2D eigenvalue weighted by Gasteiger charge is -2.31. The number of rotatable bonds is 4. The third kappa shape index (κ3) is 4.41. The average Bonchev–Trinajstić information content (AvgIpc) is 3.26. The van der Waals surface area contributed by atoms with Crippen LogP contribution in [0.15, 0.2) is 48.5 Å². The first-order valence-corrected chi connectivity index (χ1v) is 10.9. The van der Waals surface area contributed by atoms with E-state index in [1.54, 1.807) is 0 Å². The number of nitrogens with one attached hydrogen (secondary N) is 1. The molecule has 0 aliphatic carbocycles. The summed E-state index contributed by atoms with van der Waals surface area (Å²) in [4.78, 5) is 27.1. The van der Waals surface area contributed by atoms with E-state index in [9.17, 15) is 9.59 Å². The van der Waals surface area contributed by atoms with E-state index >= 15 is 0 Å². The molecule has 154 valence electrons. The topological polar surface area (TPSA) is 75.2 Å². The van der Waals surface area contributed by atoms with E-state index in [1.165, 1.54) is 11.3 Å². The van der Waals surface area contributed by atoms with Crippen molar-refractivity contribution in [1.82, 2.24) is 15.1 Å². The van der Waals surface area contributed by atoms with Gasteiger partial charge >= 0.3 is 0 Å². The van der Waals surface area contributed by atoms with Gasteiger partial charge in [-0.05, 0) is 50.5 Å². The fourth-order valence-corrected chi connectivity index (χ4v) is 4.50. The Morgan fingerprint density at radius 1 is 1.00 bits per heavy atom. The van der Waals surface area contributed by atoms with Crippen LogP contribution < -0.4 is 5.32 Å². The summed E-state index contributed by atoms with van der Waals surface area (Å²) in [6.07, 6.45) is 1.65. The van der Waals surface area contributed by atoms with E-state index < -0.39 is 0 Å². The Balaban J connectivity index is 1.36. The van der Waals surface area contributed by atoms with Crippen LogP contribution in [0.2, 0.25) is 0 Å². The number of hydrogen-bond donors (Lipinski definition) is 1. The molecule has 30 heavy (non-hydrogen) atoms. The molecule has 6 nitrogen and oxygen atoms in total. The minimum Gasteiger partial charge on any atom is -0.339 e. The van der Waals surface area contributed by atoms with Crippen molar-refractivity contribution in [3.8, 4) is 0 Å². The van der Waals surface area contributed by atoms with Gasteiger partial charge in [-0.15, -0.1) is 10.2 Å². The van der Waals surface area contributed by atoms with Gasteiger partial charge in [0, 0.05) is 30.3 Å². The molecule has 1 N–H and O–H groups in total. The molecule has 3 aromatic rings. The highest BCUT2D eigenvalue weighted by Crippen LogP contribution is 2.31. The number of aromatic nitrogens is 2. The number of piperidine rings is 1. The molecule has 7 heteroatoms. The summed E-state index contributed by atoms with van der Waals surface area (Å²) in [5.74, 6) is 0.0635. The van der Waals surface area contributed by atoms with Crippen LogP contribution in [-0.4, -0.2) is 40.0 Å². The number of aryl methyl sites for hydroxylation is 2. The molecule has 0 bridgehead atoms. The van der Waals surface area contributed by atoms with Crippen molar-refractivity contribution >= 4 is 28.8 Å². The lowest BCUT2D eigenvalue weighted by molar-refractivity contribution is 0.0712. The quantitative estimate of drug-likeness (QED) is 0.678. The molecule has 2 heterocycles. The van der Waals surface area contributed by atoms with Gasteiger partial charge < -0.3 is 10.2 Å². The first-order chi connectivity index (χ1) is 14.5. The molecule has 1 saturated heterocycles. The van der Waals surface area contributed by atoms with E-state index in [0.29, 0.717) is 18.1 Å². The maximum absolute atomic E-state index is 12.7. The third-order valence-electron chi connectivity index (χ3n) is 5.46. The fourth-order valence-electron chi connectivity index (χ4n) is 3.59. The maximum atomic E-state index is 12.7. The van der Waals surface area contributed by atoms with Gasteiger partial charge in [0.25, 0.3) is 11.8 Å². The van der Waals surface area contributed by atoms with Gasteiger partial charge in [-0.1, -0.05) is 47.2 Å². The van der Waals surface area contributed by atoms with Gasteiger partial charge in [-0.25, -0.2) is 0 Å². The molecule has 1 aliphatic rings. The van der Waals surface area contributed by atoms with E-state index in [4.69, 9.17) is 0 Å². The van der Waals surface area contributed by atoms with Crippen molar-refractivity contribution in [2.24, 2.45) is 0 Å². The van der Waals surface area contributed by atoms with E-state index in [0.717, 1.165) is 40.2 Å². The molecule has 0 radical (unpaired) electrons. The maximum Gasteiger partial charge on any atom is 0.286 e. The second-order valence-corrected chi connectivity index (χ2v) is 8.66. The highest BCUT2D eigenvalue weighted by Gasteiger charge is 2.27. The summed E-state index contributed by atoms with van der Waals surface area (Å²) in [5, 5.41) is 12.5. The molecule has 0 saturated carbocycles. The minimum absolute atomic E-state index is 0.0732. The first kappa shape index (κ1) is 20.2. The number of anilines is 1. The molecule has 1 aliphatic heterocycles. The van der Waals surface area contributed by atoms with Crippen LogP contribution in [0, 0.1) is 13.8 Å². The number of hydrogen-bond acceptors (Lipinski definition) is 5. The summed E-state index contributed by atoms with van der Waals surface area (Å²) < 4.78 is 0. The highest BCUT2D eigenvalue weighted by atomic mass is 32.1. The Morgan fingerprint density at radius 2 is 1.70 bits per heavy atom. The van der Waals surface area contributed by atoms with E-state index in [2.05, 4.69) is 15.5 Å². The zero-order chi connectivity index (χ0) is 21.1. The van der Waals surface area contributed by atoms with Crippen LogP contribution in [0.3, 0.4) is 0 Å². The lowest BCUT2D eigenvalue weighted by Crippen LogP contribution is -2.37. The molecule has 0 unspecified atom stereocenters. The van der Waals surface area contributed by atoms with Crippen molar-refractivity contribution in [3.05, 3.63) is 75.2 Å². The average molecular weight is 421 g/mol. The van der Waals surface area contributed by atoms with Gasteiger partial charge in [0.05, 0.1) is 0 Å². The molecule has 4 rings (SSSR count). The highest BCUT2D eigenvalue weighted by molar-refractivity contribution is 7.13. The van der Waals surface area contributed by atoms with E-state index in [1.807, 2.05) is 67.3 Å². The zero-order valence-electron chi connectivity index (χ0n) is 17.1. The van der Waals surface area contributed by atoms with Crippen LogP contribution in [0.4, 0.5) is 5.69 Å². The van der Waals surface area contributed by atoms with Gasteiger partial charge in [-0.3, -0.25) is 9.59 Å². The smallest absolute Gasteiger partial charge is 0.286 e. The first-order valence-electron chi connectivity index (χ1n) is 10.1. The van der Waals surface area contributed by atoms with Crippen LogP contribution >= 0.6 is 11.3 Å². The number of likely N-dealkylation sites (tertiary alicyclic amines) is 1. The lowest BCUT2D eigenvalue weighted by atomic mass is 9.97. The Bertz CT molecular complexity index is 1050. The summed E-state index contributed by atoms with van der Waals surface area (Å²) in [6.45, 7) is 5.33. The van der Waals surface area contributed by atoms with Crippen LogP contribution in [0.5, 0.6) is 0 Å². The van der Waals surface area contributed by atoms with Gasteiger partial charge in [0.15, 0.2) is 0 Å². The SMILES string of the molecule is Cc1ccc(C(=O)N2CCC(c3nnc(C(=O)Nc4ccccc4C)s3)CC2)cc1. The molecule has 1 fully saturated rings. The minimum atomic E-state index is -0.236. The summed E-state index contributed by atoms with van der Waals surface area (Å²) in [7, 11) is 0. The third-order valence-corrected chi connectivity index (χ3v) is 6.54. The molecular formula is C23H24N4O2S. The second-order valence-electron chi connectivity index (χ2n) is 7.65. The van der Waals surface area contributed by atoms with Crippen molar-refractivity contribution in [2.75, 3.05) is 18.4 Å². The van der Waals surface area contributed by atoms with Crippen LogP contribution in [-0.2, 0) is 0 Å². The number of carbonyl (C=O) groups excluding carboxylic acids is 2. The molecule has 0 spiro atoms. The summed E-state index contributed by atoms with van der Waals surface area (Å²) in [6, 6.07) is 15.3. The van der Waals surface area contributed by atoms with Crippen molar-refractivity contribution in [3.63, 3.8) is 0 Å². The molecule has 0 atom stereocenters. The van der Waals surface area contributed by atoms with Crippen molar-refractivity contribution in [2.45, 2.75) is 32.6 Å². The Labute approximate surface area is 180 Å². The van der Waals surface area contributed by atoms with Crippen LogP contribution in [0.1, 0.15) is 55.1 Å². The standard InChI is InChI=1S/C23H24N4O2S/c1-15-7-9-18(10-8-15)23(29)27-13-11-17(12-14-27)21-25-26-22(30-21)20(28)24-19-6-4-3-5-16(19)2/h3-10,17H,11-14H2,1-2H3,(H,24,28). The molecular weight excluding hydrogens is 396 g/mol. The van der Waals surface area contributed by atoms with Crippen molar-refractivity contribution < 1.29 is 9.59 Å². The monoisotopic (exact) mass is 420 g/mol. The van der Waals surface area contributed by atoms with Gasteiger partial charge in [0.1, 0.15) is 5.01 Å². The number of nitrogens with zero attached hydrogens (tertiary/aromatic N) is 3. The number of benzene rings is 2. The zero-order valence-corrected chi connectivity index (χ0v) is 17.9. The Kier molecular flexibility index (Phi) is 5.90. The molecule has 2 aromatic carbocycles. The predicted octanol–water partition coefficient (Wildman–Crippen LogP) is 4.43.